The predicted molar refractivity (Wildman–Crippen MR) is 108 cm³/mol. The van der Waals surface area contributed by atoms with E-state index in [2.05, 4.69) is 41.5 Å². The van der Waals surface area contributed by atoms with Crippen molar-refractivity contribution in [2.45, 2.75) is 75.0 Å². The summed E-state index contributed by atoms with van der Waals surface area (Å²) in [4.78, 5) is 0.436. The molecular formula is C20H31NO3SSi. The second-order valence-corrected chi connectivity index (χ2v) is 15.7. The molecule has 0 spiro atoms. The first-order valence-corrected chi connectivity index (χ1v) is 13.2. The van der Waals surface area contributed by atoms with Crippen LogP contribution in [-0.2, 0) is 14.4 Å². The molecule has 0 radical (unpaired) electrons. The molecule has 1 aromatic carbocycles. The normalized spacial score (nSPS) is 24.0. The van der Waals surface area contributed by atoms with Crippen molar-refractivity contribution in [3.8, 4) is 0 Å². The number of rotatable bonds is 6. The van der Waals surface area contributed by atoms with Crippen molar-refractivity contribution in [2.24, 2.45) is 0 Å². The fourth-order valence-corrected chi connectivity index (χ4v) is 12.4. The van der Waals surface area contributed by atoms with Crippen molar-refractivity contribution in [3.05, 3.63) is 42.1 Å². The van der Waals surface area contributed by atoms with Crippen molar-refractivity contribution < 1.29 is 12.8 Å². The molecule has 1 aromatic rings. The largest absolute Gasteiger partial charge is 0.414 e. The number of nitrogens with zero attached hydrogens (tertiary/aromatic N) is 1. The lowest BCUT2D eigenvalue weighted by Crippen LogP contribution is -2.52. The van der Waals surface area contributed by atoms with E-state index in [0.29, 0.717) is 28.1 Å². The fourth-order valence-electron chi connectivity index (χ4n) is 5.16. The van der Waals surface area contributed by atoms with E-state index in [1.54, 1.807) is 18.3 Å². The van der Waals surface area contributed by atoms with Gasteiger partial charge in [-0.1, -0.05) is 65.8 Å². The van der Waals surface area contributed by atoms with Crippen LogP contribution in [0.2, 0.25) is 16.6 Å². The van der Waals surface area contributed by atoms with E-state index in [0.717, 1.165) is 5.56 Å². The zero-order valence-electron chi connectivity index (χ0n) is 16.6. The van der Waals surface area contributed by atoms with E-state index >= 15 is 0 Å². The standard InChI is InChI=1S/C20H31NO3SSi/c1-14(2)26(15(3)4,16(5)6)24-13-19-17-11-12-21(19)25(22,23)20-10-8-7-9-18(17)20/h7-12,14-17,19H,13H2,1-6H3/t17-,19+/m0/s1. The lowest BCUT2D eigenvalue weighted by Gasteiger charge is -2.44. The summed E-state index contributed by atoms with van der Waals surface area (Å²) in [7, 11) is -5.52. The average Bonchev–Trinajstić information content (AvgIpc) is 2.94. The first-order chi connectivity index (χ1) is 12.1. The highest BCUT2D eigenvalue weighted by molar-refractivity contribution is 7.89. The Kier molecular flexibility index (Phi) is 5.14. The van der Waals surface area contributed by atoms with Gasteiger partial charge in [-0.25, -0.2) is 8.42 Å². The molecule has 26 heavy (non-hydrogen) atoms. The van der Waals surface area contributed by atoms with Crippen LogP contribution in [0.25, 0.3) is 0 Å². The highest BCUT2D eigenvalue weighted by atomic mass is 32.2. The summed E-state index contributed by atoms with van der Waals surface area (Å²) in [5.74, 6) is 0.0768. The molecule has 2 aliphatic heterocycles. The lowest BCUT2D eigenvalue weighted by atomic mass is 9.94. The molecule has 0 unspecified atom stereocenters. The first-order valence-electron chi connectivity index (χ1n) is 9.58. The maximum absolute atomic E-state index is 13.0. The van der Waals surface area contributed by atoms with Crippen molar-refractivity contribution in [2.75, 3.05) is 6.61 Å². The maximum Gasteiger partial charge on any atom is 0.264 e. The van der Waals surface area contributed by atoms with Gasteiger partial charge in [-0.2, -0.15) is 0 Å². The van der Waals surface area contributed by atoms with Crippen LogP contribution in [0.5, 0.6) is 0 Å². The summed E-state index contributed by atoms with van der Waals surface area (Å²) in [5, 5.41) is 0. The highest BCUT2D eigenvalue weighted by Crippen LogP contribution is 2.46. The molecule has 3 rings (SSSR count). The molecular weight excluding hydrogens is 362 g/mol. The summed E-state index contributed by atoms with van der Waals surface area (Å²) >= 11 is 0. The van der Waals surface area contributed by atoms with Crippen LogP contribution in [0.1, 0.15) is 53.0 Å². The summed E-state index contributed by atoms with van der Waals surface area (Å²) in [6.45, 7) is 14.0. The highest BCUT2D eigenvalue weighted by Gasteiger charge is 2.49. The third-order valence-electron chi connectivity index (χ3n) is 6.23. The number of sulfonamides is 1. The molecule has 0 fully saturated rings. The van der Waals surface area contributed by atoms with Crippen molar-refractivity contribution in [3.63, 3.8) is 0 Å². The Morgan fingerprint density at radius 2 is 1.62 bits per heavy atom. The Morgan fingerprint density at radius 1 is 1.04 bits per heavy atom. The van der Waals surface area contributed by atoms with Crippen LogP contribution in [-0.4, -0.2) is 33.7 Å². The van der Waals surface area contributed by atoms with Gasteiger partial charge in [-0.3, -0.25) is 4.31 Å². The molecule has 0 N–H and O–H groups in total. The second-order valence-electron chi connectivity index (χ2n) is 8.44. The number of fused-ring (bicyclic) bond motifs is 4. The maximum atomic E-state index is 13.0. The Balaban J connectivity index is 1.93. The zero-order chi connectivity index (χ0) is 19.3. The van der Waals surface area contributed by atoms with Crippen LogP contribution < -0.4 is 0 Å². The van der Waals surface area contributed by atoms with Gasteiger partial charge < -0.3 is 4.43 Å². The molecule has 6 heteroatoms. The molecule has 2 heterocycles. The van der Waals surface area contributed by atoms with Crippen molar-refractivity contribution in [1.82, 2.24) is 4.31 Å². The van der Waals surface area contributed by atoms with Crippen LogP contribution in [0, 0.1) is 0 Å². The van der Waals surface area contributed by atoms with E-state index in [1.165, 1.54) is 4.31 Å². The van der Waals surface area contributed by atoms with Gasteiger partial charge in [0.2, 0.25) is 0 Å². The molecule has 2 bridgehead atoms. The van der Waals surface area contributed by atoms with Crippen molar-refractivity contribution >= 4 is 18.3 Å². The fraction of sp³-hybridized carbons (Fsp3) is 0.600. The molecule has 2 atom stereocenters. The monoisotopic (exact) mass is 393 g/mol. The zero-order valence-corrected chi connectivity index (χ0v) is 18.5. The number of hydrogen-bond donors (Lipinski definition) is 0. The van der Waals surface area contributed by atoms with E-state index in [4.69, 9.17) is 4.43 Å². The minimum atomic E-state index is -3.49. The summed E-state index contributed by atoms with van der Waals surface area (Å²) < 4.78 is 34.3. The van der Waals surface area contributed by atoms with Gasteiger partial charge in [0.15, 0.2) is 8.32 Å². The van der Waals surface area contributed by atoms with Gasteiger partial charge in [-0.15, -0.1) is 0 Å². The number of benzene rings is 1. The van der Waals surface area contributed by atoms with Gasteiger partial charge in [0, 0.05) is 12.1 Å². The summed E-state index contributed by atoms with van der Waals surface area (Å²) in [6.07, 6.45) is 3.75. The van der Waals surface area contributed by atoms with Gasteiger partial charge >= 0.3 is 0 Å². The third-order valence-corrected chi connectivity index (χ3v) is 14.2. The Bertz CT molecular complexity index is 779. The smallest absolute Gasteiger partial charge is 0.264 e. The van der Waals surface area contributed by atoms with E-state index in [1.807, 2.05) is 18.2 Å². The molecule has 0 saturated carbocycles. The first kappa shape index (κ1) is 19.6. The van der Waals surface area contributed by atoms with E-state index in [9.17, 15) is 8.42 Å². The number of hydrogen-bond acceptors (Lipinski definition) is 3. The minimum absolute atomic E-state index is 0.0768. The van der Waals surface area contributed by atoms with Gasteiger partial charge in [0.05, 0.1) is 17.5 Å². The van der Waals surface area contributed by atoms with Gasteiger partial charge in [0.25, 0.3) is 10.0 Å². The Morgan fingerprint density at radius 3 is 2.19 bits per heavy atom. The van der Waals surface area contributed by atoms with Crippen LogP contribution in [0.15, 0.2) is 41.4 Å². The molecule has 0 saturated heterocycles. The summed E-state index contributed by atoms with van der Waals surface area (Å²) in [6, 6.07) is 7.20. The predicted octanol–water partition coefficient (Wildman–Crippen LogP) is 4.86. The molecule has 144 valence electrons. The topological polar surface area (TPSA) is 46.6 Å². The molecule has 4 nitrogen and oxygen atoms in total. The average molecular weight is 394 g/mol. The third kappa shape index (κ3) is 2.77. The van der Waals surface area contributed by atoms with Crippen LogP contribution >= 0.6 is 0 Å². The second kappa shape index (κ2) is 6.80. The van der Waals surface area contributed by atoms with Crippen LogP contribution in [0.4, 0.5) is 0 Å². The molecule has 0 aromatic heterocycles. The van der Waals surface area contributed by atoms with E-state index < -0.39 is 18.3 Å². The quantitative estimate of drug-likeness (QED) is 0.648. The van der Waals surface area contributed by atoms with Crippen LogP contribution in [0.3, 0.4) is 0 Å². The molecule has 2 aliphatic rings. The Labute approximate surface area is 159 Å². The minimum Gasteiger partial charge on any atom is -0.414 e. The van der Waals surface area contributed by atoms with Gasteiger partial charge in [-0.05, 0) is 28.3 Å². The SMILES string of the molecule is CC(C)[Si](OC[C@@H]1[C@H]2C=CN1S(=O)(=O)c1ccccc12)(C(C)C)C(C)C. The summed E-state index contributed by atoms with van der Waals surface area (Å²) in [5.41, 5.74) is 2.35. The van der Waals surface area contributed by atoms with Gasteiger partial charge in [0.1, 0.15) is 0 Å². The lowest BCUT2D eigenvalue weighted by molar-refractivity contribution is 0.203. The molecule has 0 amide bonds. The van der Waals surface area contributed by atoms with E-state index in [-0.39, 0.29) is 12.0 Å². The molecule has 0 aliphatic carbocycles. The van der Waals surface area contributed by atoms with Crippen molar-refractivity contribution in [1.29, 1.82) is 0 Å². The Hall–Kier alpha value is -1.11.